The fourth-order valence-electron chi connectivity index (χ4n) is 15.4. The number of Topliss-reactive ketones (excluding diaryl/α,β-unsaturated/α-hetero) is 3. The number of nitrogens with two attached hydrogens (primary N) is 3. The van der Waals surface area contributed by atoms with Gasteiger partial charge in [-0.05, 0) is 158 Å². The SMILES string of the molecule is CC1(CN=[N+]=[N-])COc2c1cc(C(O)(CN)C(F)(F)F)nc2Cl.COc1cc(C(=O)CCC(O)(c2cc3c(c(Cl)n2)OCC3(C)CN=[N+]=[N-])C(F)(F)F)ccc1OCCO.COc1cc(C(=O)CC[C@@](O)(c2cc3c(c(-c4ccc(F)cc4)n2)OCC3(C)CN)C(F)(F)F)ccc1OCCO.COc1cc(C(=O)CC[C@](O)(c2cc3c(c(-c4ccc(F)cc4)n2)OCC3(C)CN)C(F)(F)F)ccc1OCCO. The van der Waals surface area contributed by atoms with E-state index in [0.717, 1.165) is 48.5 Å². The van der Waals surface area contributed by atoms with E-state index in [4.69, 9.17) is 114 Å². The molecule has 142 heavy (non-hydrogen) atoms. The van der Waals surface area contributed by atoms with Crippen LogP contribution in [0.2, 0.25) is 10.3 Å². The molecule has 766 valence electrons. The Kier molecular flexibility index (Phi) is 35.3. The number of carbonyl (C=O) groups is 3. The highest BCUT2D eigenvalue weighted by molar-refractivity contribution is 6.31. The molecule has 4 aliphatic heterocycles. The molecular formula is C93H97Cl2F14N13O20. The van der Waals surface area contributed by atoms with Crippen molar-refractivity contribution in [1.82, 2.24) is 19.9 Å². The number of ether oxygens (including phenoxy) is 10. The number of rotatable bonds is 37. The van der Waals surface area contributed by atoms with Gasteiger partial charge in [0.2, 0.25) is 22.4 Å². The van der Waals surface area contributed by atoms with E-state index in [9.17, 15) is 96.3 Å². The Labute approximate surface area is 810 Å². The fraction of sp³-hybridized carbons (Fsp3) is 0.430. The molecule has 0 saturated carbocycles. The predicted molar refractivity (Wildman–Crippen MR) is 482 cm³/mol. The smallest absolute Gasteiger partial charge is 0.424 e. The lowest BCUT2D eigenvalue weighted by Crippen LogP contribution is -2.49. The Morgan fingerprint density at radius 3 is 0.937 bits per heavy atom. The van der Waals surface area contributed by atoms with Gasteiger partial charge in [0.25, 0.3) is 0 Å². The molecule has 0 amide bonds. The third kappa shape index (κ3) is 23.7. The zero-order chi connectivity index (χ0) is 105. The average molecular weight is 2050 g/mol. The van der Waals surface area contributed by atoms with Crippen LogP contribution in [0.1, 0.15) is 142 Å². The summed E-state index contributed by atoms with van der Waals surface area (Å²) in [6.07, 6.45) is -25.9. The Bertz CT molecular complexity index is 5960. The van der Waals surface area contributed by atoms with Gasteiger partial charge in [-0.2, -0.15) is 52.7 Å². The van der Waals surface area contributed by atoms with Crippen molar-refractivity contribution in [3.8, 4) is 80.0 Å². The van der Waals surface area contributed by atoms with Crippen molar-refractivity contribution in [1.29, 1.82) is 0 Å². The minimum atomic E-state index is -5.22. The summed E-state index contributed by atoms with van der Waals surface area (Å²) < 4.78 is 251. The molecule has 0 radical (unpaired) electrons. The molecule has 0 spiro atoms. The number of benzene rings is 5. The van der Waals surface area contributed by atoms with E-state index < -0.39 is 171 Å². The summed E-state index contributed by atoms with van der Waals surface area (Å²) in [6, 6.07) is 26.4. The van der Waals surface area contributed by atoms with E-state index >= 15 is 0 Å². The van der Waals surface area contributed by atoms with Crippen LogP contribution in [0.4, 0.5) is 61.5 Å². The maximum absolute atomic E-state index is 14.6. The quantitative estimate of drug-likeness (QED) is 0.00432. The number of methoxy groups -OCH3 is 3. The van der Waals surface area contributed by atoms with Gasteiger partial charge in [0.05, 0.1) is 90.4 Å². The molecule has 9 aromatic rings. The van der Waals surface area contributed by atoms with Gasteiger partial charge in [-0.25, -0.2) is 28.7 Å². The lowest BCUT2D eigenvalue weighted by atomic mass is 9.81. The van der Waals surface area contributed by atoms with E-state index in [1.54, 1.807) is 27.7 Å². The largest absolute Gasteiger partial charge is 0.493 e. The van der Waals surface area contributed by atoms with Gasteiger partial charge in [0.15, 0.2) is 73.7 Å². The summed E-state index contributed by atoms with van der Waals surface area (Å²) in [6.45, 7) is 4.82. The lowest BCUT2D eigenvalue weighted by molar-refractivity contribution is -0.270. The number of alkyl halides is 12. The third-order valence-electron chi connectivity index (χ3n) is 24.2. The molecule has 6 unspecified atom stereocenters. The lowest BCUT2D eigenvalue weighted by Gasteiger charge is -2.31. The van der Waals surface area contributed by atoms with Gasteiger partial charge in [-0.15, -0.1) is 0 Å². The van der Waals surface area contributed by atoms with Crippen LogP contribution >= 0.6 is 23.2 Å². The maximum Gasteiger partial charge on any atom is 0.424 e. The molecule has 8 atom stereocenters. The van der Waals surface area contributed by atoms with E-state index in [-0.39, 0.29) is 205 Å². The topological polar surface area (TPSA) is 512 Å². The molecule has 8 heterocycles. The maximum atomic E-state index is 14.6. The fourth-order valence-corrected chi connectivity index (χ4v) is 15.9. The minimum absolute atomic E-state index is 0.00752. The molecule has 0 fully saturated rings. The van der Waals surface area contributed by atoms with Gasteiger partial charge in [0, 0.05) is 134 Å². The number of halogens is 16. The number of aliphatic hydroxyl groups excluding tert-OH is 3. The van der Waals surface area contributed by atoms with E-state index in [0.29, 0.717) is 11.1 Å². The van der Waals surface area contributed by atoms with Crippen molar-refractivity contribution in [2.45, 2.75) is 135 Å². The van der Waals surface area contributed by atoms with Crippen LogP contribution in [0.15, 0.2) is 138 Å². The van der Waals surface area contributed by atoms with Crippen molar-refractivity contribution in [3.63, 3.8) is 0 Å². The van der Waals surface area contributed by atoms with Gasteiger partial charge < -0.3 is 100 Å². The standard InChI is InChI=1S/2C29H30F4N2O6.C23H24ClF3N4O6.C12H13ClF3N5O2/c2*1-27(15-34)16-41-26-20(27)14-24(35-25(26)17-3-6-19(30)7-4-17)28(38,29(31,32)33)10-9-21(37)18-5-8-22(40-12-11-36)23(13-18)39-2;1-21(11-29-31-28)12-37-19-14(21)10-18(30-20(19)24)22(34,23(25,26)27)6-5-15(33)13-3-4-16(36-8-7-32)17(9-13)35-2;1-10(4-19-21-18)5-23-8-6(10)2-7(20-9(8)13)11(22,3-17)12(14,15)16/h2*3-8,13-14,36,38H,9-12,15-16,34H2,1-2H3;3-4,9-10,32,34H,5-8,11-12H2,1-2H3;2,22H,3-5,17H2,1H3/t2*27?,28-;;/m10../s1. The van der Waals surface area contributed by atoms with Gasteiger partial charge in [-0.3, -0.25) is 14.4 Å². The minimum Gasteiger partial charge on any atom is -0.493 e. The first-order valence-electron chi connectivity index (χ1n) is 42.9. The summed E-state index contributed by atoms with van der Waals surface area (Å²) in [5.41, 5.74) is 15.4. The highest BCUT2D eigenvalue weighted by Crippen LogP contribution is 2.55. The molecule has 33 nitrogen and oxygen atoms in total. The van der Waals surface area contributed by atoms with Gasteiger partial charge in [-0.1, -0.05) is 61.1 Å². The van der Waals surface area contributed by atoms with Crippen LogP contribution < -0.4 is 64.6 Å². The van der Waals surface area contributed by atoms with E-state index in [1.807, 2.05) is 0 Å². The van der Waals surface area contributed by atoms with Crippen LogP contribution in [-0.4, -0.2) is 218 Å². The Morgan fingerprint density at radius 2 is 0.676 bits per heavy atom. The average Bonchev–Trinajstić information content (AvgIpc) is 1.57. The summed E-state index contributed by atoms with van der Waals surface area (Å²) in [4.78, 5) is 59.8. The zero-order valence-electron chi connectivity index (χ0n) is 76.7. The number of ketones is 3. The number of aromatic nitrogens is 4. The second-order valence-electron chi connectivity index (χ2n) is 34.1. The number of azide groups is 2. The second kappa shape index (κ2) is 45.0. The molecule has 5 aromatic carbocycles. The first-order chi connectivity index (χ1) is 66.7. The number of pyridine rings is 4. The highest BCUT2D eigenvalue weighted by Gasteiger charge is 2.61. The predicted octanol–water partition coefficient (Wildman–Crippen LogP) is 15.5. The molecule has 0 saturated heterocycles. The Balaban J connectivity index is 0.000000198. The second-order valence-corrected chi connectivity index (χ2v) is 34.8. The summed E-state index contributed by atoms with van der Waals surface area (Å²) in [5.74, 6) is -1.45. The van der Waals surface area contributed by atoms with Crippen molar-refractivity contribution in [3.05, 3.63) is 232 Å². The van der Waals surface area contributed by atoms with Crippen LogP contribution in [0.5, 0.6) is 57.5 Å². The monoisotopic (exact) mass is 2050 g/mol. The van der Waals surface area contributed by atoms with Gasteiger partial charge >= 0.3 is 24.7 Å². The molecule has 0 bridgehead atoms. The zero-order valence-corrected chi connectivity index (χ0v) is 78.2. The number of aliphatic hydroxyl groups is 7. The highest BCUT2D eigenvalue weighted by atomic mass is 35.5. The number of nitrogens with zero attached hydrogens (tertiary/aromatic N) is 10. The molecule has 0 aliphatic carbocycles. The van der Waals surface area contributed by atoms with Crippen molar-refractivity contribution in [2.75, 3.05) is 120 Å². The van der Waals surface area contributed by atoms with Crippen LogP contribution in [0, 0.1) is 11.6 Å². The molecule has 4 aliphatic rings. The van der Waals surface area contributed by atoms with Crippen molar-refractivity contribution >= 4 is 40.6 Å². The van der Waals surface area contributed by atoms with Crippen molar-refractivity contribution < 1.29 is 159 Å². The molecule has 13 N–H and O–H groups in total. The summed E-state index contributed by atoms with van der Waals surface area (Å²) in [7, 11) is 3.98. The van der Waals surface area contributed by atoms with Crippen LogP contribution in [0.3, 0.4) is 0 Å². The number of hydrogen-bond donors (Lipinski definition) is 10. The molecule has 4 aromatic heterocycles. The number of fused-ring (bicyclic) bond motifs is 4. The van der Waals surface area contributed by atoms with E-state index in [1.165, 1.54) is 100 Å². The van der Waals surface area contributed by atoms with Gasteiger partial charge in [0.1, 0.15) is 54.3 Å². The first-order valence-corrected chi connectivity index (χ1v) is 43.7. The molecular weight excluding hydrogens is 1960 g/mol. The molecule has 49 heteroatoms. The van der Waals surface area contributed by atoms with Crippen molar-refractivity contribution in [2.24, 2.45) is 27.4 Å². The van der Waals surface area contributed by atoms with Crippen LogP contribution in [0.25, 0.3) is 43.4 Å². The first kappa shape index (κ1) is 112. The molecule has 13 rings (SSSR count). The summed E-state index contributed by atoms with van der Waals surface area (Å²) in [5, 5.41) is 76.3. The normalized spacial score (nSPS) is 18.8. The Hall–Kier alpha value is -12.5. The number of carbonyl (C=O) groups excluding carboxylic acids is 3. The third-order valence-corrected chi connectivity index (χ3v) is 24.7. The number of hydrogen-bond acceptors (Lipinski definition) is 29. The Morgan fingerprint density at radius 1 is 0.408 bits per heavy atom. The van der Waals surface area contributed by atoms with E-state index in [2.05, 4.69) is 40.0 Å². The van der Waals surface area contributed by atoms with Crippen LogP contribution in [-0.2, 0) is 44.1 Å². The summed E-state index contributed by atoms with van der Waals surface area (Å²) >= 11 is 12.0.